The second kappa shape index (κ2) is 7.17. The minimum Gasteiger partial charge on any atom is -0.479 e. The molecule has 1 rings (SSSR count). The number of likely N-dealkylation sites (N-methyl/N-ethyl adjacent to an activating group) is 1. The average Bonchev–Trinajstić information content (AvgIpc) is 2.39. The number of benzene rings is 1. The van der Waals surface area contributed by atoms with E-state index >= 15 is 0 Å². The molecule has 0 fully saturated rings. The first kappa shape index (κ1) is 16.3. The predicted octanol–water partition coefficient (Wildman–Crippen LogP) is 3.37. The van der Waals surface area contributed by atoms with Gasteiger partial charge < -0.3 is 9.84 Å². The summed E-state index contributed by atoms with van der Waals surface area (Å²) in [5.74, 6) is -1.27. The molecule has 108 valence electrons. The fourth-order valence-corrected chi connectivity index (χ4v) is 2.20. The van der Waals surface area contributed by atoms with E-state index in [1.807, 2.05) is 0 Å². The van der Waals surface area contributed by atoms with Gasteiger partial charge in [-0.25, -0.2) is 9.59 Å². The fourth-order valence-electron chi connectivity index (χ4n) is 1.59. The van der Waals surface area contributed by atoms with E-state index in [4.69, 9.17) is 27.9 Å². The van der Waals surface area contributed by atoms with Gasteiger partial charge in [-0.1, -0.05) is 41.9 Å². The van der Waals surface area contributed by atoms with Crippen LogP contribution in [0.2, 0.25) is 10.0 Å². The van der Waals surface area contributed by atoms with Gasteiger partial charge in [0.25, 0.3) is 0 Å². The lowest BCUT2D eigenvalue weighted by Crippen LogP contribution is -2.36. The zero-order valence-corrected chi connectivity index (χ0v) is 12.2. The van der Waals surface area contributed by atoms with Crippen LogP contribution in [-0.2, 0) is 9.53 Å². The molecular weight excluding hydrogens is 305 g/mol. The van der Waals surface area contributed by atoms with E-state index in [0.29, 0.717) is 0 Å². The van der Waals surface area contributed by atoms with Crippen molar-refractivity contribution in [2.75, 3.05) is 13.7 Å². The molecule has 0 radical (unpaired) electrons. The summed E-state index contributed by atoms with van der Waals surface area (Å²) in [6.07, 6.45) is 0.567. The Morgan fingerprint density at radius 3 is 2.45 bits per heavy atom. The first-order chi connectivity index (χ1) is 9.40. The van der Waals surface area contributed by atoms with E-state index in [1.165, 1.54) is 25.3 Å². The van der Waals surface area contributed by atoms with Crippen LogP contribution in [0.25, 0.3) is 0 Å². The molecule has 1 aromatic rings. The first-order valence-electron chi connectivity index (χ1n) is 5.57. The highest BCUT2D eigenvalue weighted by atomic mass is 35.5. The number of ether oxygens (including phenoxy) is 1. The van der Waals surface area contributed by atoms with Crippen LogP contribution in [0.3, 0.4) is 0 Å². The lowest BCUT2D eigenvalue weighted by atomic mass is 10.1. The molecule has 0 aliphatic carbocycles. The molecule has 1 N–H and O–H groups in total. The van der Waals surface area contributed by atoms with Gasteiger partial charge in [0.1, 0.15) is 6.61 Å². The molecule has 0 saturated carbocycles. The standard InChI is InChI=1S/C13H13Cl2NO4/c1-3-7-20-13(19)16(2)11(12(17)18)10-8(14)5-4-6-9(10)15/h3-6,11H,1,7H2,2H3,(H,17,18). The van der Waals surface area contributed by atoms with Crippen molar-refractivity contribution in [1.29, 1.82) is 0 Å². The highest BCUT2D eigenvalue weighted by molar-refractivity contribution is 6.36. The summed E-state index contributed by atoms with van der Waals surface area (Å²) in [5.41, 5.74) is 0.140. The maximum Gasteiger partial charge on any atom is 0.410 e. The maximum absolute atomic E-state index is 11.8. The Labute approximate surface area is 126 Å². The first-order valence-corrected chi connectivity index (χ1v) is 6.33. The Bertz CT molecular complexity index is 513. The highest BCUT2D eigenvalue weighted by Gasteiger charge is 2.32. The zero-order valence-electron chi connectivity index (χ0n) is 10.7. The number of aliphatic carboxylic acids is 1. The normalized spacial score (nSPS) is 11.6. The van der Waals surface area contributed by atoms with Crippen molar-refractivity contribution < 1.29 is 19.4 Å². The Kier molecular flexibility index (Phi) is 5.85. The van der Waals surface area contributed by atoms with Gasteiger partial charge in [-0.3, -0.25) is 4.90 Å². The van der Waals surface area contributed by atoms with Crippen LogP contribution in [0.4, 0.5) is 4.79 Å². The summed E-state index contributed by atoms with van der Waals surface area (Å²) in [6.45, 7) is 3.38. The predicted molar refractivity (Wildman–Crippen MR) is 76.1 cm³/mol. The number of hydrogen-bond acceptors (Lipinski definition) is 3. The Morgan fingerprint density at radius 2 is 2.00 bits per heavy atom. The topological polar surface area (TPSA) is 66.8 Å². The van der Waals surface area contributed by atoms with Crippen molar-refractivity contribution >= 4 is 35.3 Å². The largest absolute Gasteiger partial charge is 0.479 e. The molecule has 0 saturated heterocycles. The molecule has 1 aromatic carbocycles. The van der Waals surface area contributed by atoms with Crippen molar-refractivity contribution in [3.05, 3.63) is 46.5 Å². The van der Waals surface area contributed by atoms with Gasteiger partial charge in [0.2, 0.25) is 0 Å². The molecule has 5 nitrogen and oxygen atoms in total. The minimum absolute atomic E-state index is 0.0221. The van der Waals surface area contributed by atoms with E-state index in [-0.39, 0.29) is 22.2 Å². The van der Waals surface area contributed by atoms with Crippen LogP contribution in [0, 0.1) is 0 Å². The molecule has 20 heavy (non-hydrogen) atoms. The third-order valence-corrected chi connectivity index (χ3v) is 3.17. The van der Waals surface area contributed by atoms with Crippen LogP contribution in [0.5, 0.6) is 0 Å². The van der Waals surface area contributed by atoms with Gasteiger partial charge >= 0.3 is 12.1 Å². The average molecular weight is 318 g/mol. The van der Waals surface area contributed by atoms with Gasteiger partial charge in [-0.05, 0) is 12.1 Å². The van der Waals surface area contributed by atoms with Crippen LogP contribution < -0.4 is 0 Å². The highest BCUT2D eigenvalue weighted by Crippen LogP contribution is 2.33. The summed E-state index contributed by atoms with van der Waals surface area (Å²) in [7, 11) is 1.30. The maximum atomic E-state index is 11.8. The smallest absolute Gasteiger partial charge is 0.410 e. The number of nitrogens with zero attached hydrogens (tertiary/aromatic N) is 1. The molecule has 1 unspecified atom stereocenters. The Hall–Kier alpha value is -1.72. The Morgan fingerprint density at radius 1 is 1.45 bits per heavy atom. The molecule has 0 heterocycles. The number of amides is 1. The summed E-state index contributed by atoms with van der Waals surface area (Å²) in [6, 6.07) is 3.25. The van der Waals surface area contributed by atoms with Crippen molar-refractivity contribution in [3.8, 4) is 0 Å². The van der Waals surface area contributed by atoms with E-state index in [1.54, 1.807) is 6.07 Å². The lowest BCUT2D eigenvalue weighted by Gasteiger charge is -2.25. The summed E-state index contributed by atoms with van der Waals surface area (Å²) in [5, 5.41) is 9.65. The molecule has 0 aliphatic rings. The zero-order chi connectivity index (χ0) is 15.3. The number of hydrogen-bond donors (Lipinski definition) is 1. The number of rotatable bonds is 5. The number of halogens is 2. The summed E-state index contributed by atoms with van der Waals surface area (Å²) < 4.78 is 4.80. The van der Waals surface area contributed by atoms with Crippen LogP contribution in [-0.4, -0.2) is 35.7 Å². The molecule has 7 heteroatoms. The monoisotopic (exact) mass is 317 g/mol. The lowest BCUT2D eigenvalue weighted by molar-refractivity contribution is -0.142. The van der Waals surface area contributed by atoms with Crippen molar-refractivity contribution in [2.45, 2.75) is 6.04 Å². The van der Waals surface area contributed by atoms with E-state index in [9.17, 15) is 14.7 Å². The molecule has 0 aromatic heterocycles. The van der Waals surface area contributed by atoms with Gasteiger partial charge in [0, 0.05) is 22.7 Å². The molecular formula is C13H13Cl2NO4. The number of carbonyl (C=O) groups is 2. The summed E-state index contributed by atoms with van der Waals surface area (Å²) >= 11 is 12.0. The molecule has 1 amide bonds. The second-order valence-electron chi connectivity index (χ2n) is 3.85. The van der Waals surface area contributed by atoms with Gasteiger partial charge in [-0.15, -0.1) is 0 Å². The number of carbonyl (C=O) groups excluding carboxylic acids is 1. The van der Waals surface area contributed by atoms with Crippen molar-refractivity contribution in [3.63, 3.8) is 0 Å². The van der Waals surface area contributed by atoms with Crippen LogP contribution in [0.1, 0.15) is 11.6 Å². The molecule has 1 atom stereocenters. The molecule has 0 aliphatic heterocycles. The third kappa shape index (κ3) is 3.65. The SMILES string of the molecule is C=CCOC(=O)N(C)C(C(=O)O)c1c(Cl)cccc1Cl. The van der Waals surface area contributed by atoms with E-state index in [2.05, 4.69) is 6.58 Å². The van der Waals surface area contributed by atoms with Crippen molar-refractivity contribution in [2.24, 2.45) is 0 Å². The van der Waals surface area contributed by atoms with Gasteiger partial charge in [0.15, 0.2) is 6.04 Å². The fraction of sp³-hybridized carbons (Fsp3) is 0.231. The Balaban J connectivity index is 3.15. The van der Waals surface area contributed by atoms with Crippen molar-refractivity contribution in [1.82, 2.24) is 4.90 Å². The van der Waals surface area contributed by atoms with E-state index < -0.39 is 18.1 Å². The summed E-state index contributed by atoms with van der Waals surface area (Å²) in [4.78, 5) is 24.1. The third-order valence-electron chi connectivity index (χ3n) is 2.51. The van der Waals surface area contributed by atoms with Crippen LogP contribution in [0.15, 0.2) is 30.9 Å². The molecule has 0 spiro atoms. The van der Waals surface area contributed by atoms with E-state index in [0.717, 1.165) is 4.90 Å². The van der Waals surface area contributed by atoms with Crippen LogP contribution >= 0.6 is 23.2 Å². The second-order valence-corrected chi connectivity index (χ2v) is 4.67. The van der Waals surface area contributed by atoms with Gasteiger partial charge in [-0.2, -0.15) is 0 Å². The number of carboxylic acids is 1. The quantitative estimate of drug-likeness (QED) is 0.845. The minimum atomic E-state index is -1.34. The van der Waals surface area contributed by atoms with Gasteiger partial charge in [0.05, 0.1) is 0 Å². The molecule has 0 bridgehead atoms. The number of carboxylic acid groups (broad SMARTS) is 1.